The molecule has 1 saturated heterocycles. The SMILES string of the molecule is COC(=O)[C@@H]1CCC[C@H](C(=O)Nc2cnn(C[C@@H]3CCCO3)c2)C1. The highest BCUT2D eigenvalue weighted by Crippen LogP contribution is 2.30. The summed E-state index contributed by atoms with van der Waals surface area (Å²) in [6.45, 7) is 1.53. The maximum atomic E-state index is 12.5. The van der Waals surface area contributed by atoms with Crippen LogP contribution in [0, 0.1) is 11.8 Å². The van der Waals surface area contributed by atoms with Crippen LogP contribution in [0.4, 0.5) is 5.69 Å². The molecule has 1 saturated carbocycles. The summed E-state index contributed by atoms with van der Waals surface area (Å²) in [5, 5.41) is 7.20. The largest absolute Gasteiger partial charge is 0.469 e. The van der Waals surface area contributed by atoms with Crippen molar-refractivity contribution in [3.8, 4) is 0 Å². The van der Waals surface area contributed by atoms with E-state index in [9.17, 15) is 9.59 Å². The fourth-order valence-corrected chi connectivity index (χ4v) is 3.58. The second kappa shape index (κ2) is 7.79. The normalized spacial score (nSPS) is 27.0. The molecule has 1 amide bonds. The first-order valence-corrected chi connectivity index (χ1v) is 8.68. The average molecular weight is 335 g/mol. The second-order valence-corrected chi connectivity index (χ2v) is 6.66. The molecule has 0 aromatic carbocycles. The van der Waals surface area contributed by atoms with E-state index < -0.39 is 0 Å². The van der Waals surface area contributed by atoms with Gasteiger partial charge in [0.05, 0.1) is 37.6 Å². The van der Waals surface area contributed by atoms with Crippen molar-refractivity contribution in [2.24, 2.45) is 11.8 Å². The third-order valence-electron chi connectivity index (χ3n) is 4.89. The molecule has 1 aromatic heterocycles. The number of aromatic nitrogens is 2. The Balaban J connectivity index is 1.52. The lowest BCUT2D eigenvalue weighted by Gasteiger charge is -2.26. The van der Waals surface area contributed by atoms with Crippen molar-refractivity contribution in [2.75, 3.05) is 19.0 Å². The summed E-state index contributed by atoms with van der Waals surface area (Å²) in [5.74, 6) is -0.566. The molecule has 3 rings (SSSR count). The third kappa shape index (κ3) is 4.14. The van der Waals surface area contributed by atoms with Gasteiger partial charge in [0, 0.05) is 18.7 Å². The lowest BCUT2D eigenvalue weighted by atomic mass is 9.81. The zero-order valence-corrected chi connectivity index (χ0v) is 14.1. The first-order valence-electron chi connectivity index (χ1n) is 8.68. The van der Waals surface area contributed by atoms with E-state index in [0.29, 0.717) is 18.7 Å². The van der Waals surface area contributed by atoms with Crippen LogP contribution in [-0.2, 0) is 25.6 Å². The topological polar surface area (TPSA) is 82.5 Å². The lowest BCUT2D eigenvalue weighted by molar-refractivity contribution is -0.147. The van der Waals surface area contributed by atoms with Gasteiger partial charge in [0.2, 0.25) is 5.91 Å². The monoisotopic (exact) mass is 335 g/mol. The number of amides is 1. The van der Waals surface area contributed by atoms with Crippen LogP contribution in [0.2, 0.25) is 0 Å². The molecule has 1 N–H and O–H groups in total. The van der Waals surface area contributed by atoms with E-state index in [1.807, 2.05) is 10.9 Å². The van der Waals surface area contributed by atoms with E-state index in [-0.39, 0.29) is 29.8 Å². The molecule has 2 aliphatic rings. The van der Waals surface area contributed by atoms with Gasteiger partial charge in [-0.3, -0.25) is 14.3 Å². The second-order valence-electron chi connectivity index (χ2n) is 6.66. The number of methoxy groups -OCH3 is 1. The van der Waals surface area contributed by atoms with Crippen molar-refractivity contribution in [1.82, 2.24) is 9.78 Å². The molecule has 1 aliphatic carbocycles. The Morgan fingerprint density at radius 3 is 2.92 bits per heavy atom. The molecule has 7 heteroatoms. The molecule has 2 heterocycles. The Labute approximate surface area is 141 Å². The Morgan fingerprint density at radius 1 is 1.33 bits per heavy atom. The minimum atomic E-state index is -0.211. The zero-order valence-electron chi connectivity index (χ0n) is 14.1. The quantitative estimate of drug-likeness (QED) is 0.832. The molecule has 0 radical (unpaired) electrons. The van der Waals surface area contributed by atoms with E-state index in [1.54, 1.807) is 6.20 Å². The van der Waals surface area contributed by atoms with Crippen LogP contribution < -0.4 is 5.32 Å². The number of hydrogen-bond acceptors (Lipinski definition) is 5. The number of rotatable bonds is 5. The first kappa shape index (κ1) is 17.0. The molecular formula is C17H25N3O4. The predicted octanol–water partition coefficient (Wildman–Crippen LogP) is 1.98. The third-order valence-corrected chi connectivity index (χ3v) is 4.89. The zero-order chi connectivity index (χ0) is 16.9. The van der Waals surface area contributed by atoms with Gasteiger partial charge in [-0.15, -0.1) is 0 Å². The summed E-state index contributed by atoms with van der Waals surface area (Å²) in [4.78, 5) is 24.1. The summed E-state index contributed by atoms with van der Waals surface area (Å²) >= 11 is 0. The summed E-state index contributed by atoms with van der Waals surface area (Å²) < 4.78 is 12.2. The van der Waals surface area contributed by atoms with Gasteiger partial charge in [0.15, 0.2) is 0 Å². The standard InChI is InChI=1S/C17H25N3O4/c1-23-17(22)13-5-2-4-12(8-13)16(21)19-14-9-18-20(10-14)11-15-6-3-7-24-15/h9-10,12-13,15H,2-8,11H2,1H3,(H,19,21)/t12-,13+,15-/m0/s1. The summed E-state index contributed by atoms with van der Waals surface area (Å²) in [5.41, 5.74) is 0.693. The highest BCUT2D eigenvalue weighted by molar-refractivity contribution is 5.92. The number of hydrogen-bond donors (Lipinski definition) is 1. The number of anilines is 1. The molecule has 0 spiro atoms. The van der Waals surface area contributed by atoms with Crippen LogP contribution in [0.5, 0.6) is 0 Å². The first-order chi connectivity index (χ1) is 11.7. The Bertz CT molecular complexity index is 580. The minimum absolute atomic E-state index is 0.0414. The number of nitrogens with one attached hydrogen (secondary N) is 1. The lowest BCUT2D eigenvalue weighted by Crippen LogP contribution is -2.31. The van der Waals surface area contributed by atoms with Crippen molar-refractivity contribution in [3.05, 3.63) is 12.4 Å². The molecule has 0 unspecified atom stereocenters. The van der Waals surface area contributed by atoms with Crippen LogP contribution in [0.3, 0.4) is 0 Å². The average Bonchev–Trinajstić information content (AvgIpc) is 3.27. The van der Waals surface area contributed by atoms with Gasteiger partial charge in [-0.1, -0.05) is 6.42 Å². The van der Waals surface area contributed by atoms with E-state index in [0.717, 1.165) is 38.7 Å². The fourth-order valence-electron chi connectivity index (χ4n) is 3.58. The molecule has 3 atom stereocenters. The van der Waals surface area contributed by atoms with Crippen LogP contribution in [-0.4, -0.2) is 41.5 Å². The number of nitrogens with zero attached hydrogens (tertiary/aromatic N) is 2. The minimum Gasteiger partial charge on any atom is -0.469 e. The van der Waals surface area contributed by atoms with Gasteiger partial charge in [-0.2, -0.15) is 5.10 Å². The number of carbonyl (C=O) groups excluding carboxylic acids is 2. The van der Waals surface area contributed by atoms with E-state index in [1.165, 1.54) is 7.11 Å². The van der Waals surface area contributed by atoms with Crippen molar-refractivity contribution in [2.45, 2.75) is 51.2 Å². The summed E-state index contributed by atoms with van der Waals surface area (Å²) in [6, 6.07) is 0. The van der Waals surface area contributed by atoms with Crippen LogP contribution in [0.15, 0.2) is 12.4 Å². The number of carbonyl (C=O) groups is 2. The maximum absolute atomic E-state index is 12.5. The molecule has 1 aromatic rings. The van der Waals surface area contributed by atoms with Gasteiger partial charge in [0.25, 0.3) is 0 Å². The van der Waals surface area contributed by atoms with Gasteiger partial charge >= 0.3 is 5.97 Å². The van der Waals surface area contributed by atoms with Crippen LogP contribution in [0.1, 0.15) is 38.5 Å². The van der Waals surface area contributed by atoms with Crippen LogP contribution >= 0.6 is 0 Å². The number of ether oxygens (including phenoxy) is 2. The van der Waals surface area contributed by atoms with Crippen molar-refractivity contribution >= 4 is 17.6 Å². The molecule has 1 aliphatic heterocycles. The molecule has 7 nitrogen and oxygen atoms in total. The van der Waals surface area contributed by atoms with Crippen molar-refractivity contribution in [3.63, 3.8) is 0 Å². The molecule has 132 valence electrons. The molecule has 0 bridgehead atoms. The van der Waals surface area contributed by atoms with Crippen molar-refractivity contribution in [1.29, 1.82) is 0 Å². The Morgan fingerprint density at radius 2 is 2.17 bits per heavy atom. The Hall–Kier alpha value is -1.89. The van der Waals surface area contributed by atoms with Crippen molar-refractivity contribution < 1.29 is 19.1 Å². The molecule has 2 fully saturated rings. The van der Waals surface area contributed by atoms with Gasteiger partial charge in [-0.05, 0) is 32.1 Å². The summed E-state index contributed by atoms with van der Waals surface area (Å²) in [6.07, 6.45) is 8.90. The van der Waals surface area contributed by atoms with Crippen LogP contribution in [0.25, 0.3) is 0 Å². The molecule has 24 heavy (non-hydrogen) atoms. The summed E-state index contributed by atoms with van der Waals surface area (Å²) in [7, 11) is 1.40. The Kier molecular flexibility index (Phi) is 5.50. The van der Waals surface area contributed by atoms with Gasteiger partial charge in [-0.25, -0.2) is 0 Å². The smallest absolute Gasteiger partial charge is 0.308 e. The fraction of sp³-hybridized carbons (Fsp3) is 0.706. The maximum Gasteiger partial charge on any atom is 0.308 e. The van der Waals surface area contributed by atoms with E-state index in [4.69, 9.17) is 9.47 Å². The van der Waals surface area contributed by atoms with E-state index in [2.05, 4.69) is 10.4 Å². The highest BCUT2D eigenvalue weighted by atomic mass is 16.5. The van der Waals surface area contributed by atoms with E-state index >= 15 is 0 Å². The highest BCUT2D eigenvalue weighted by Gasteiger charge is 2.31. The van der Waals surface area contributed by atoms with Gasteiger partial charge < -0.3 is 14.8 Å². The molecular weight excluding hydrogens is 310 g/mol. The predicted molar refractivity (Wildman–Crippen MR) is 87.3 cm³/mol. The number of esters is 1. The van der Waals surface area contributed by atoms with Gasteiger partial charge in [0.1, 0.15) is 0 Å².